The van der Waals surface area contributed by atoms with Gasteiger partial charge in [0.2, 0.25) is 0 Å². The van der Waals surface area contributed by atoms with E-state index in [0.717, 1.165) is 23.8 Å². The number of hydrogen-bond donors (Lipinski definition) is 1. The highest BCUT2D eigenvalue weighted by molar-refractivity contribution is 5.40. The maximum absolute atomic E-state index is 5.84. The fourth-order valence-electron chi connectivity index (χ4n) is 2.04. The molecule has 1 aromatic rings. The highest BCUT2D eigenvalue weighted by atomic mass is 15.2. The summed E-state index contributed by atoms with van der Waals surface area (Å²) in [7, 11) is 0. The average Bonchev–Trinajstić information content (AvgIpc) is 3.13. The Kier molecular flexibility index (Phi) is 4.00. The van der Waals surface area contributed by atoms with Crippen molar-refractivity contribution in [1.82, 2.24) is 4.98 Å². The molecule has 1 aliphatic rings. The number of nitrogens with zero attached hydrogens (tertiary/aromatic N) is 2. The van der Waals surface area contributed by atoms with Crippen LogP contribution in [0.15, 0.2) is 18.3 Å². The van der Waals surface area contributed by atoms with Crippen molar-refractivity contribution in [1.29, 1.82) is 0 Å². The van der Waals surface area contributed by atoms with E-state index in [1.807, 2.05) is 13.1 Å². The molecule has 1 heterocycles. The van der Waals surface area contributed by atoms with Crippen LogP contribution in [0.25, 0.3) is 0 Å². The van der Waals surface area contributed by atoms with Crippen molar-refractivity contribution in [3.63, 3.8) is 0 Å². The molecule has 0 aliphatic heterocycles. The summed E-state index contributed by atoms with van der Waals surface area (Å²) in [5, 5.41) is 0. The van der Waals surface area contributed by atoms with E-state index < -0.39 is 0 Å². The van der Waals surface area contributed by atoms with Gasteiger partial charge in [0.05, 0.1) is 0 Å². The van der Waals surface area contributed by atoms with Gasteiger partial charge >= 0.3 is 0 Å². The molecule has 1 atom stereocenters. The molecule has 0 amide bonds. The van der Waals surface area contributed by atoms with Crippen LogP contribution in [0.3, 0.4) is 0 Å². The van der Waals surface area contributed by atoms with E-state index in [1.165, 1.54) is 25.8 Å². The minimum atomic E-state index is 0.0691. The molecule has 3 heteroatoms. The van der Waals surface area contributed by atoms with Gasteiger partial charge in [0, 0.05) is 25.3 Å². The first kappa shape index (κ1) is 12.4. The van der Waals surface area contributed by atoms with E-state index in [9.17, 15) is 0 Å². The van der Waals surface area contributed by atoms with Crippen LogP contribution in [0.2, 0.25) is 0 Å². The molecule has 1 aliphatic carbocycles. The van der Waals surface area contributed by atoms with Gasteiger partial charge in [0.25, 0.3) is 0 Å². The molecule has 3 nitrogen and oxygen atoms in total. The lowest BCUT2D eigenvalue weighted by molar-refractivity contribution is 0.697. The second-order valence-electron chi connectivity index (χ2n) is 5.13. The fourth-order valence-corrected chi connectivity index (χ4v) is 2.04. The highest BCUT2D eigenvalue weighted by Gasteiger charge is 2.24. The summed E-state index contributed by atoms with van der Waals surface area (Å²) < 4.78 is 0. The van der Waals surface area contributed by atoms with Crippen LogP contribution >= 0.6 is 0 Å². The summed E-state index contributed by atoms with van der Waals surface area (Å²) in [5.41, 5.74) is 6.94. The van der Waals surface area contributed by atoms with Crippen LogP contribution in [0.1, 0.15) is 44.7 Å². The maximum Gasteiger partial charge on any atom is 0.128 e. The van der Waals surface area contributed by atoms with Crippen molar-refractivity contribution in [2.75, 3.05) is 18.0 Å². The predicted molar refractivity (Wildman–Crippen MR) is 72.1 cm³/mol. The first-order valence-corrected chi connectivity index (χ1v) is 6.67. The second kappa shape index (κ2) is 5.50. The molecule has 0 aromatic carbocycles. The number of aromatic nitrogens is 1. The molecule has 0 bridgehead atoms. The molecule has 1 saturated carbocycles. The summed E-state index contributed by atoms with van der Waals surface area (Å²) in [6.07, 6.45) is 5.86. The first-order chi connectivity index (χ1) is 8.20. The van der Waals surface area contributed by atoms with Gasteiger partial charge in [-0.1, -0.05) is 13.0 Å². The standard InChI is InChI=1S/C14H23N3/c1-3-8-17(10-12-4-5-12)14-7-6-13(9-16-14)11(2)15/h6-7,9,11-12H,3-5,8,10,15H2,1-2H3/t11-/m0/s1. The van der Waals surface area contributed by atoms with E-state index >= 15 is 0 Å². The van der Waals surface area contributed by atoms with Crippen molar-refractivity contribution >= 4 is 5.82 Å². The number of anilines is 1. The van der Waals surface area contributed by atoms with Crippen molar-refractivity contribution < 1.29 is 0 Å². The Bertz CT molecular complexity index is 341. The SMILES string of the molecule is CCCN(CC1CC1)c1ccc([C@H](C)N)cn1. The molecule has 0 unspecified atom stereocenters. The molecule has 2 rings (SSSR count). The van der Waals surface area contributed by atoms with Crippen LogP contribution in [0.5, 0.6) is 0 Å². The smallest absolute Gasteiger partial charge is 0.128 e. The van der Waals surface area contributed by atoms with Gasteiger partial charge in [-0.25, -0.2) is 4.98 Å². The molecular formula is C14H23N3. The summed E-state index contributed by atoms with van der Waals surface area (Å²) >= 11 is 0. The Morgan fingerprint density at radius 3 is 2.71 bits per heavy atom. The lowest BCUT2D eigenvalue weighted by Crippen LogP contribution is -2.27. The van der Waals surface area contributed by atoms with Gasteiger partial charge in [0.15, 0.2) is 0 Å². The zero-order chi connectivity index (χ0) is 12.3. The Labute approximate surface area is 104 Å². The molecule has 0 radical (unpaired) electrons. The molecule has 17 heavy (non-hydrogen) atoms. The highest BCUT2D eigenvalue weighted by Crippen LogP contribution is 2.31. The summed E-state index contributed by atoms with van der Waals surface area (Å²) in [4.78, 5) is 6.95. The third-order valence-corrected chi connectivity index (χ3v) is 3.29. The van der Waals surface area contributed by atoms with Crippen LogP contribution < -0.4 is 10.6 Å². The van der Waals surface area contributed by atoms with Crippen LogP contribution in [-0.4, -0.2) is 18.1 Å². The largest absolute Gasteiger partial charge is 0.356 e. The molecule has 1 fully saturated rings. The molecule has 94 valence electrons. The number of rotatable bonds is 6. The lowest BCUT2D eigenvalue weighted by Gasteiger charge is -2.23. The van der Waals surface area contributed by atoms with Gasteiger partial charge in [0.1, 0.15) is 5.82 Å². The topological polar surface area (TPSA) is 42.1 Å². The summed E-state index contributed by atoms with van der Waals surface area (Å²) in [6, 6.07) is 4.28. The quantitative estimate of drug-likeness (QED) is 0.821. The van der Waals surface area contributed by atoms with E-state index in [0.29, 0.717) is 0 Å². The minimum Gasteiger partial charge on any atom is -0.356 e. The second-order valence-corrected chi connectivity index (χ2v) is 5.13. The average molecular weight is 233 g/mol. The summed E-state index contributed by atoms with van der Waals surface area (Å²) in [5.74, 6) is 2.00. The molecular weight excluding hydrogens is 210 g/mol. The van der Waals surface area contributed by atoms with Crippen LogP contribution in [-0.2, 0) is 0 Å². The van der Waals surface area contributed by atoms with Gasteiger partial charge in [-0.15, -0.1) is 0 Å². The molecule has 1 aromatic heterocycles. The Morgan fingerprint density at radius 2 is 2.24 bits per heavy atom. The Balaban J connectivity index is 2.05. The number of pyridine rings is 1. The number of nitrogens with two attached hydrogens (primary N) is 1. The van der Waals surface area contributed by atoms with Gasteiger partial charge in [-0.05, 0) is 43.7 Å². The predicted octanol–water partition coefficient (Wildman–Crippen LogP) is 2.73. The van der Waals surface area contributed by atoms with Gasteiger partial charge in [-0.3, -0.25) is 0 Å². The zero-order valence-electron chi connectivity index (χ0n) is 10.9. The van der Waals surface area contributed by atoms with Crippen molar-refractivity contribution in [3.05, 3.63) is 23.9 Å². The molecule has 0 saturated heterocycles. The van der Waals surface area contributed by atoms with E-state index in [4.69, 9.17) is 5.73 Å². The minimum absolute atomic E-state index is 0.0691. The zero-order valence-corrected chi connectivity index (χ0v) is 10.9. The van der Waals surface area contributed by atoms with E-state index in [1.54, 1.807) is 0 Å². The van der Waals surface area contributed by atoms with E-state index in [-0.39, 0.29) is 6.04 Å². The van der Waals surface area contributed by atoms with Gasteiger partial charge in [-0.2, -0.15) is 0 Å². The van der Waals surface area contributed by atoms with Crippen molar-refractivity contribution in [3.8, 4) is 0 Å². The van der Waals surface area contributed by atoms with E-state index in [2.05, 4.69) is 28.9 Å². The third-order valence-electron chi connectivity index (χ3n) is 3.29. The monoisotopic (exact) mass is 233 g/mol. The maximum atomic E-state index is 5.84. The molecule has 0 spiro atoms. The molecule has 2 N–H and O–H groups in total. The fraction of sp³-hybridized carbons (Fsp3) is 0.643. The lowest BCUT2D eigenvalue weighted by atomic mass is 10.1. The normalized spacial score (nSPS) is 16.9. The van der Waals surface area contributed by atoms with Crippen LogP contribution in [0.4, 0.5) is 5.82 Å². The van der Waals surface area contributed by atoms with Gasteiger partial charge < -0.3 is 10.6 Å². The third kappa shape index (κ3) is 3.43. The first-order valence-electron chi connectivity index (χ1n) is 6.67. The van der Waals surface area contributed by atoms with Crippen LogP contribution in [0, 0.1) is 5.92 Å². The van der Waals surface area contributed by atoms with Crippen molar-refractivity contribution in [2.24, 2.45) is 11.7 Å². The summed E-state index contributed by atoms with van der Waals surface area (Å²) in [6.45, 7) is 6.47. The Hall–Kier alpha value is -1.09. The number of hydrogen-bond acceptors (Lipinski definition) is 3. The Morgan fingerprint density at radius 1 is 1.47 bits per heavy atom. The van der Waals surface area contributed by atoms with Crippen molar-refractivity contribution in [2.45, 2.75) is 39.2 Å².